The zero-order valence-electron chi connectivity index (χ0n) is 19.7. The molecule has 0 atom stereocenters. The minimum absolute atomic E-state index is 0.0237. The lowest BCUT2D eigenvalue weighted by molar-refractivity contribution is -0.118. The van der Waals surface area contributed by atoms with Crippen LogP contribution in [0.3, 0.4) is 0 Å². The molecule has 0 saturated carbocycles. The molecule has 0 bridgehead atoms. The Kier molecular flexibility index (Phi) is 6.51. The van der Waals surface area contributed by atoms with Gasteiger partial charge in [0.05, 0.1) is 11.9 Å². The van der Waals surface area contributed by atoms with Crippen molar-refractivity contribution in [2.24, 2.45) is 5.92 Å². The highest BCUT2D eigenvalue weighted by molar-refractivity contribution is 5.98. The highest BCUT2D eigenvalue weighted by atomic mass is 19.1. The Morgan fingerprint density at radius 2 is 2.00 bits per heavy atom. The lowest BCUT2D eigenvalue weighted by Crippen LogP contribution is -2.37. The first kappa shape index (κ1) is 23.7. The van der Waals surface area contributed by atoms with Crippen molar-refractivity contribution in [2.75, 3.05) is 38.6 Å². The second-order valence-corrected chi connectivity index (χ2v) is 9.06. The number of halogens is 1. The van der Waals surface area contributed by atoms with Crippen molar-refractivity contribution < 1.29 is 23.5 Å². The van der Waals surface area contributed by atoms with Gasteiger partial charge in [-0.1, -0.05) is 6.07 Å². The smallest absolute Gasteiger partial charge is 0.270 e. The van der Waals surface area contributed by atoms with Crippen LogP contribution in [0.1, 0.15) is 39.4 Å². The summed E-state index contributed by atoms with van der Waals surface area (Å²) in [6.07, 6.45) is 2.91. The highest BCUT2D eigenvalue weighted by Crippen LogP contribution is 2.28. The first-order chi connectivity index (χ1) is 17.4. The van der Waals surface area contributed by atoms with E-state index < -0.39 is 17.6 Å². The number of nitrogens with zero attached hydrogens (tertiary/aromatic N) is 4. The zero-order valence-corrected chi connectivity index (χ0v) is 19.7. The van der Waals surface area contributed by atoms with Crippen LogP contribution in [0.4, 0.5) is 10.1 Å². The molecule has 0 unspecified atom stereocenters. The van der Waals surface area contributed by atoms with Crippen molar-refractivity contribution in [1.82, 2.24) is 30.1 Å². The van der Waals surface area contributed by atoms with Gasteiger partial charge in [-0.05, 0) is 56.6 Å². The summed E-state index contributed by atoms with van der Waals surface area (Å²) in [5, 5.41) is 12.2. The van der Waals surface area contributed by atoms with Crippen LogP contribution in [0.15, 0.2) is 30.5 Å². The van der Waals surface area contributed by atoms with Crippen molar-refractivity contribution in [2.45, 2.75) is 19.4 Å². The maximum Gasteiger partial charge on any atom is 0.270 e. The molecule has 0 radical (unpaired) electrons. The molecule has 11 nitrogen and oxygen atoms in total. The molecule has 3 aromatic rings. The van der Waals surface area contributed by atoms with Gasteiger partial charge in [0.2, 0.25) is 0 Å². The minimum Gasteiger partial charge on any atom is -0.482 e. The van der Waals surface area contributed by atoms with Crippen LogP contribution in [0.5, 0.6) is 5.75 Å². The Labute approximate surface area is 206 Å². The van der Waals surface area contributed by atoms with Gasteiger partial charge < -0.3 is 25.6 Å². The molecule has 3 amide bonds. The third kappa shape index (κ3) is 4.98. The lowest BCUT2D eigenvalue weighted by atomic mass is 9.97. The fraction of sp³-hybridized carbons (Fsp3) is 0.375. The van der Waals surface area contributed by atoms with Gasteiger partial charge in [-0.15, -0.1) is 0 Å². The van der Waals surface area contributed by atoms with Gasteiger partial charge in [-0.2, -0.15) is 5.10 Å². The first-order valence-corrected chi connectivity index (χ1v) is 11.7. The molecule has 1 aromatic carbocycles. The average Bonchev–Trinajstić information content (AvgIpc) is 3.26. The Balaban J connectivity index is 1.30. The number of likely N-dealkylation sites (tertiary alicyclic amines) is 1. The Morgan fingerprint density at radius 3 is 2.81 bits per heavy atom. The number of hydrogen-bond acceptors (Lipinski definition) is 7. The normalized spacial score (nSPS) is 16.2. The number of hydrogen-bond donors (Lipinski definition) is 3. The van der Waals surface area contributed by atoms with Crippen molar-refractivity contribution in [3.05, 3.63) is 53.2 Å². The van der Waals surface area contributed by atoms with Crippen LogP contribution in [0.2, 0.25) is 0 Å². The predicted molar refractivity (Wildman–Crippen MR) is 127 cm³/mol. The topological polar surface area (TPSA) is 130 Å². The van der Waals surface area contributed by atoms with E-state index in [0.29, 0.717) is 29.5 Å². The van der Waals surface area contributed by atoms with Crippen LogP contribution in [-0.4, -0.2) is 70.5 Å². The fourth-order valence-corrected chi connectivity index (χ4v) is 4.32. The number of amides is 3. The molecule has 5 rings (SSSR count). The van der Waals surface area contributed by atoms with Gasteiger partial charge in [-0.3, -0.25) is 14.4 Å². The molecule has 2 aliphatic rings. The van der Waals surface area contributed by atoms with Crippen LogP contribution in [-0.2, 0) is 11.3 Å². The summed E-state index contributed by atoms with van der Waals surface area (Å²) in [5.74, 6) is -1.13. The highest BCUT2D eigenvalue weighted by Gasteiger charge is 2.22. The molecule has 4 heterocycles. The summed E-state index contributed by atoms with van der Waals surface area (Å²) >= 11 is 0. The van der Waals surface area contributed by atoms with Gasteiger partial charge in [0.15, 0.2) is 18.1 Å². The summed E-state index contributed by atoms with van der Waals surface area (Å²) < 4.78 is 20.8. The molecule has 2 aliphatic heterocycles. The van der Waals surface area contributed by atoms with Crippen molar-refractivity contribution >= 4 is 29.1 Å². The zero-order chi connectivity index (χ0) is 25.2. The molecule has 0 aliphatic carbocycles. The lowest BCUT2D eigenvalue weighted by Gasteiger charge is -2.28. The number of carbonyl (C=O) groups is 3. The molecule has 3 N–H and O–H groups in total. The quantitative estimate of drug-likeness (QED) is 0.469. The summed E-state index contributed by atoms with van der Waals surface area (Å²) in [7, 11) is 2.07. The number of carbonyl (C=O) groups excluding carboxylic acids is 3. The Morgan fingerprint density at radius 1 is 1.19 bits per heavy atom. The van der Waals surface area contributed by atoms with E-state index in [9.17, 15) is 18.8 Å². The third-order valence-electron chi connectivity index (χ3n) is 6.41. The molecule has 2 aromatic heterocycles. The van der Waals surface area contributed by atoms with Gasteiger partial charge >= 0.3 is 0 Å². The van der Waals surface area contributed by atoms with E-state index in [4.69, 9.17) is 4.74 Å². The van der Waals surface area contributed by atoms with E-state index in [1.807, 2.05) is 0 Å². The van der Waals surface area contributed by atoms with Crippen molar-refractivity contribution in [1.29, 1.82) is 0 Å². The molecule has 1 saturated heterocycles. The van der Waals surface area contributed by atoms with E-state index in [2.05, 4.69) is 38.0 Å². The van der Waals surface area contributed by atoms with Gasteiger partial charge in [0.1, 0.15) is 17.1 Å². The van der Waals surface area contributed by atoms with Crippen LogP contribution in [0.25, 0.3) is 5.65 Å². The van der Waals surface area contributed by atoms with Crippen molar-refractivity contribution in [3.63, 3.8) is 0 Å². The maximum absolute atomic E-state index is 14.3. The number of nitrogens with one attached hydrogen (secondary N) is 3. The molecule has 36 heavy (non-hydrogen) atoms. The number of aromatic nitrogens is 3. The molecule has 188 valence electrons. The monoisotopic (exact) mass is 495 g/mol. The first-order valence-electron chi connectivity index (χ1n) is 11.7. The second-order valence-electron chi connectivity index (χ2n) is 9.06. The largest absolute Gasteiger partial charge is 0.482 e. The molecule has 12 heteroatoms. The van der Waals surface area contributed by atoms with E-state index >= 15 is 0 Å². The molecular weight excluding hydrogens is 469 g/mol. The van der Waals surface area contributed by atoms with Crippen LogP contribution >= 0.6 is 0 Å². The number of fused-ring (bicyclic) bond motifs is 2. The summed E-state index contributed by atoms with van der Waals surface area (Å²) in [6.45, 7) is 2.50. The number of ether oxygens (including phenoxy) is 1. The fourth-order valence-electron chi connectivity index (χ4n) is 4.32. The number of piperidine rings is 1. The number of rotatable bonds is 6. The number of benzene rings is 1. The van der Waals surface area contributed by atoms with Gasteiger partial charge in [-0.25, -0.2) is 13.9 Å². The SMILES string of the molecule is CN1CCC(CNC(=O)c2cc(C(=O)NCc3ccc4c(c3)NC(=O)CO4)nc3c(F)cnn23)CC1. The van der Waals surface area contributed by atoms with Crippen LogP contribution in [0, 0.1) is 11.7 Å². The predicted octanol–water partition coefficient (Wildman–Crippen LogP) is 1.20. The van der Waals surface area contributed by atoms with E-state index in [0.717, 1.165) is 36.6 Å². The maximum atomic E-state index is 14.3. The second kappa shape index (κ2) is 9.90. The summed E-state index contributed by atoms with van der Waals surface area (Å²) in [5.41, 5.74) is 0.931. The Bertz CT molecular complexity index is 1330. The standard InChI is InChI=1S/C24H26FN7O4/c1-31-6-4-14(5-7-31)10-27-24(35)19-9-18(30-22-16(25)12-28-32(19)22)23(34)26-11-15-2-3-20-17(8-15)29-21(33)13-36-20/h2-3,8-9,12,14H,4-7,10-11,13H2,1H3,(H,26,34)(H,27,35)(H,29,33). The van der Waals surface area contributed by atoms with Gasteiger partial charge in [0, 0.05) is 19.2 Å². The Hall–Kier alpha value is -4.06. The van der Waals surface area contributed by atoms with Crippen LogP contribution < -0.4 is 20.7 Å². The summed E-state index contributed by atoms with van der Waals surface area (Å²) in [6, 6.07) is 6.46. The number of anilines is 1. The minimum atomic E-state index is -0.737. The van der Waals surface area contributed by atoms with E-state index in [-0.39, 0.29) is 36.1 Å². The average molecular weight is 496 g/mol. The van der Waals surface area contributed by atoms with Crippen molar-refractivity contribution in [3.8, 4) is 5.75 Å². The molecular formula is C24H26FN7O4. The van der Waals surface area contributed by atoms with E-state index in [1.54, 1.807) is 18.2 Å². The molecule has 0 spiro atoms. The van der Waals surface area contributed by atoms with Gasteiger partial charge in [0.25, 0.3) is 17.7 Å². The molecule has 1 fully saturated rings. The summed E-state index contributed by atoms with van der Waals surface area (Å²) in [4.78, 5) is 43.7. The third-order valence-corrected chi connectivity index (χ3v) is 6.41. The van der Waals surface area contributed by atoms with E-state index in [1.165, 1.54) is 6.07 Å².